The van der Waals surface area contributed by atoms with Gasteiger partial charge in [0.15, 0.2) is 5.82 Å². The van der Waals surface area contributed by atoms with Crippen LogP contribution in [0.3, 0.4) is 0 Å². The fourth-order valence-corrected chi connectivity index (χ4v) is 2.17. The van der Waals surface area contributed by atoms with E-state index in [0.717, 1.165) is 24.1 Å². The van der Waals surface area contributed by atoms with E-state index in [1.165, 1.54) is 0 Å². The standard InChI is InChI=1S/C12H19N3O2/c1-4-10-9(5-6-17-10)12(16)13-11-7(2)8(3)14-15-11/h9-10H,4-6H2,1-3H3,(H2,13,14,15,16). The molecule has 0 bridgehead atoms. The van der Waals surface area contributed by atoms with E-state index >= 15 is 0 Å². The predicted molar refractivity (Wildman–Crippen MR) is 64.8 cm³/mol. The van der Waals surface area contributed by atoms with Gasteiger partial charge in [-0.15, -0.1) is 0 Å². The Hall–Kier alpha value is -1.36. The van der Waals surface area contributed by atoms with Gasteiger partial charge >= 0.3 is 0 Å². The number of amides is 1. The van der Waals surface area contributed by atoms with Gasteiger partial charge in [-0.25, -0.2) is 0 Å². The Morgan fingerprint density at radius 3 is 2.94 bits per heavy atom. The third-order valence-corrected chi connectivity index (χ3v) is 3.44. The molecule has 17 heavy (non-hydrogen) atoms. The van der Waals surface area contributed by atoms with Gasteiger partial charge in [0, 0.05) is 17.9 Å². The number of carbonyl (C=O) groups is 1. The Balaban J connectivity index is 2.04. The van der Waals surface area contributed by atoms with Crippen molar-refractivity contribution in [1.29, 1.82) is 0 Å². The summed E-state index contributed by atoms with van der Waals surface area (Å²) in [4.78, 5) is 12.1. The molecule has 0 saturated carbocycles. The second kappa shape index (κ2) is 4.87. The van der Waals surface area contributed by atoms with E-state index in [1.807, 2.05) is 20.8 Å². The molecule has 1 saturated heterocycles. The molecule has 0 aromatic carbocycles. The number of nitrogens with one attached hydrogen (secondary N) is 2. The first-order valence-electron chi connectivity index (χ1n) is 6.07. The molecule has 1 fully saturated rings. The SMILES string of the molecule is CCC1OCCC1C(=O)Nc1n[nH]c(C)c1C. The van der Waals surface area contributed by atoms with E-state index in [9.17, 15) is 4.79 Å². The van der Waals surface area contributed by atoms with Gasteiger partial charge in [0.1, 0.15) is 0 Å². The second-order valence-corrected chi connectivity index (χ2v) is 4.52. The molecule has 0 spiro atoms. The molecule has 5 heteroatoms. The molecular formula is C12H19N3O2. The van der Waals surface area contributed by atoms with Crippen molar-refractivity contribution in [2.24, 2.45) is 5.92 Å². The fraction of sp³-hybridized carbons (Fsp3) is 0.667. The van der Waals surface area contributed by atoms with Crippen LogP contribution >= 0.6 is 0 Å². The molecule has 1 aromatic heterocycles. The topological polar surface area (TPSA) is 67.0 Å². The monoisotopic (exact) mass is 237 g/mol. The van der Waals surface area contributed by atoms with Crippen LogP contribution in [0.4, 0.5) is 5.82 Å². The molecular weight excluding hydrogens is 218 g/mol. The summed E-state index contributed by atoms with van der Waals surface area (Å²) in [6, 6.07) is 0. The molecule has 0 aliphatic carbocycles. The molecule has 2 heterocycles. The van der Waals surface area contributed by atoms with Gasteiger partial charge in [-0.3, -0.25) is 9.89 Å². The van der Waals surface area contributed by atoms with Crippen molar-refractivity contribution in [3.8, 4) is 0 Å². The van der Waals surface area contributed by atoms with Crippen LogP contribution in [0.1, 0.15) is 31.0 Å². The van der Waals surface area contributed by atoms with Gasteiger partial charge < -0.3 is 10.1 Å². The molecule has 1 aliphatic heterocycles. The molecule has 2 rings (SSSR count). The number of aromatic amines is 1. The molecule has 2 atom stereocenters. The maximum atomic E-state index is 12.1. The van der Waals surface area contributed by atoms with Crippen LogP contribution in [-0.2, 0) is 9.53 Å². The minimum Gasteiger partial charge on any atom is -0.377 e. The van der Waals surface area contributed by atoms with Crippen LogP contribution in [0.2, 0.25) is 0 Å². The number of rotatable bonds is 3. The van der Waals surface area contributed by atoms with Crippen LogP contribution in [0.5, 0.6) is 0 Å². The number of hydrogen-bond donors (Lipinski definition) is 2. The lowest BCUT2D eigenvalue weighted by molar-refractivity contribution is -0.121. The lowest BCUT2D eigenvalue weighted by atomic mass is 9.99. The van der Waals surface area contributed by atoms with E-state index in [4.69, 9.17) is 4.74 Å². The number of ether oxygens (including phenoxy) is 1. The lowest BCUT2D eigenvalue weighted by Gasteiger charge is -2.15. The van der Waals surface area contributed by atoms with Crippen molar-refractivity contribution in [3.05, 3.63) is 11.3 Å². The third-order valence-electron chi connectivity index (χ3n) is 3.44. The fourth-order valence-electron chi connectivity index (χ4n) is 2.17. The van der Waals surface area contributed by atoms with Crippen molar-refractivity contribution in [3.63, 3.8) is 0 Å². The number of aromatic nitrogens is 2. The van der Waals surface area contributed by atoms with Crippen LogP contribution in [0.25, 0.3) is 0 Å². The highest BCUT2D eigenvalue weighted by Crippen LogP contribution is 2.25. The Kier molecular flexibility index (Phi) is 3.47. The van der Waals surface area contributed by atoms with E-state index in [0.29, 0.717) is 12.4 Å². The normalized spacial score (nSPS) is 23.9. The van der Waals surface area contributed by atoms with Crippen LogP contribution in [-0.4, -0.2) is 28.8 Å². The molecule has 1 amide bonds. The quantitative estimate of drug-likeness (QED) is 0.842. The summed E-state index contributed by atoms with van der Waals surface area (Å²) in [7, 11) is 0. The van der Waals surface area contributed by atoms with Crippen molar-refractivity contribution < 1.29 is 9.53 Å². The first-order chi connectivity index (χ1) is 8.13. The predicted octanol–water partition coefficient (Wildman–Crippen LogP) is 1.78. The Labute approximate surface area is 101 Å². The number of anilines is 1. The van der Waals surface area contributed by atoms with E-state index in [2.05, 4.69) is 15.5 Å². The maximum absolute atomic E-state index is 12.1. The number of hydrogen-bond acceptors (Lipinski definition) is 3. The van der Waals surface area contributed by atoms with Gasteiger partial charge in [-0.05, 0) is 26.7 Å². The number of H-pyrrole nitrogens is 1. The van der Waals surface area contributed by atoms with E-state index in [1.54, 1.807) is 0 Å². The largest absolute Gasteiger partial charge is 0.377 e. The van der Waals surface area contributed by atoms with Gasteiger partial charge in [0.05, 0.1) is 12.0 Å². The summed E-state index contributed by atoms with van der Waals surface area (Å²) in [5, 5.41) is 9.82. The molecule has 1 aromatic rings. The zero-order valence-electron chi connectivity index (χ0n) is 10.5. The average molecular weight is 237 g/mol. The Morgan fingerprint density at radius 2 is 2.35 bits per heavy atom. The molecule has 2 N–H and O–H groups in total. The summed E-state index contributed by atoms with van der Waals surface area (Å²) >= 11 is 0. The minimum atomic E-state index is -0.0450. The summed E-state index contributed by atoms with van der Waals surface area (Å²) in [5.74, 6) is 0.606. The Bertz CT molecular complexity index is 414. The van der Waals surface area contributed by atoms with Crippen molar-refractivity contribution in [1.82, 2.24) is 10.2 Å². The number of carbonyl (C=O) groups excluding carboxylic acids is 1. The third kappa shape index (κ3) is 2.34. The van der Waals surface area contributed by atoms with Crippen molar-refractivity contribution in [2.45, 2.75) is 39.7 Å². The zero-order chi connectivity index (χ0) is 12.4. The van der Waals surface area contributed by atoms with E-state index < -0.39 is 0 Å². The van der Waals surface area contributed by atoms with Gasteiger partial charge in [0.2, 0.25) is 5.91 Å². The second-order valence-electron chi connectivity index (χ2n) is 4.52. The molecule has 2 unspecified atom stereocenters. The zero-order valence-corrected chi connectivity index (χ0v) is 10.5. The lowest BCUT2D eigenvalue weighted by Crippen LogP contribution is -2.29. The minimum absolute atomic E-state index is 0.0175. The smallest absolute Gasteiger partial charge is 0.231 e. The summed E-state index contributed by atoms with van der Waals surface area (Å²) in [5.41, 5.74) is 1.97. The average Bonchev–Trinajstić information content (AvgIpc) is 2.90. The van der Waals surface area contributed by atoms with Gasteiger partial charge in [0.25, 0.3) is 0 Å². The van der Waals surface area contributed by atoms with Gasteiger partial charge in [-0.1, -0.05) is 6.92 Å². The highest BCUT2D eigenvalue weighted by atomic mass is 16.5. The molecule has 1 aliphatic rings. The summed E-state index contributed by atoms with van der Waals surface area (Å²) in [6.07, 6.45) is 1.72. The van der Waals surface area contributed by atoms with Crippen LogP contribution in [0, 0.1) is 19.8 Å². The number of nitrogens with zero attached hydrogens (tertiary/aromatic N) is 1. The molecule has 5 nitrogen and oxygen atoms in total. The molecule has 0 radical (unpaired) electrons. The first-order valence-corrected chi connectivity index (χ1v) is 6.07. The summed E-state index contributed by atoms with van der Waals surface area (Å²) < 4.78 is 5.52. The first kappa shape index (κ1) is 12.1. The van der Waals surface area contributed by atoms with Crippen LogP contribution < -0.4 is 5.32 Å². The summed E-state index contributed by atoms with van der Waals surface area (Å²) in [6.45, 7) is 6.60. The van der Waals surface area contributed by atoms with Crippen LogP contribution in [0.15, 0.2) is 0 Å². The van der Waals surface area contributed by atoms with E-state index in [-0.39, 0.29) is 17.9 Å². The highest BCUT2D eigenvalue weighted by molar-refractivity contribution is 5.92. The highest BCUT2D eigenvalue weighted by Gasteiger charge is 2.33. The van der Waals surface area contributed by atoms with Crippen molar-refractivity contribution >= 4 is 11.7 Å². The maximum Gasteiger partial charge on any atom is 0.231 e. The Morgan fingerprint density at radius 1 is 1.59 bits per heavy atom. The van der Waals surface area contributed by atoms with Gasteiger partial charge in [-0.2, -0.15) is 5.10 Å². The number of aryl methyl sites for hydroxylation is 1. The molecule has 94 valence electrons. The van der Waals surface area contributed by atoms with Crippen molar-refractivity contribution in [2.75, 3.05) is 11.9 Å².